The number of nitrogens with one attached hydrogen (secondary N) is 2. The van der Waals surface area contributed by atoms with Crippen molar-refractivity contribution >= 4 is 33.5 Å². The van der Waals surface area contributed by atoms with E-state index in [0.29, 0.717) is 18.6 Å². The fourth-order valence-electron chi connectivity index (χ4n) is 6.39. The molecule has 2 saturated carbocycles. The largest absolute Gasteiger partial charge is 0.508 e. The molecule has 3 fully saturated rings. The van der Waals surface area contributed by atoms with E-state index < -0.39 is 56.6 Å². The molecule has 3 amide bonds. The summed E-state index contributed by atoms with van der Waals surface area (Å²) in [4.78, 5) is 48.3. The summed E-state index contributed by atoms with van der Waals surface area (Å²) in [6.07, 6.45) is 2.01. The Morgan fingerprint density at radius 2 is 1.63 bits per heavy atom. The van der Waals surface area contributed by atoms with Gasteiger partial charge >= 0.3 is 0 Å². The van der Waals surface area contributed by atoms with Gasteiger partial charge in [-0.1, -0.05) is 65.8 Å². The van der Waals surface area contributed by atoms with E-state index in [-0.39, 0.29) is 30.7 Å². The number of amides is 3. The smallest absolute Gasteiger partial charge is 0.259 e. The third kappa shape index (κ3) is 5.22. The number of likely N-dealkylation sites (tertiary alicyclic amines) is 1. The number of oxime groups is 1. The number of hydrogen-bond donors (Lipinski definition) is 3. The first-order valence-electron chi connectivity index (χ1n) is 15.1. The zero-order valence-electron chi connectivity index (χ0n) is 24.8. The van der Waals surface area contributed by atoms with Gasteiger partial charge in [-0.05, 0) is 48.6 Å². The summed E-state index contributed by atoms with van der Waals surface area (Å²) in [5, 5.41) is 16.7. The highest BCUT2D eigenvalue weighted by Gasteiger charge is 2.62. The van der Waals surface area contributed by atoms with Gasteiger partial charge in [-0.15, -0.1) is 6.58 Å². The Bertz CT molecular complexity index is 1870. The molecule has 3 aliphatic carbocycles. The Morgan fingerprint density at radius 1 is 0.978 bits per heavy atom. The summed E-state index contributed by atoms with van der Waals surface area (Å²) in [7, 11) is -3.86. The van der Waals surface area contributed by atoms with Crippen LogP contribution in [0.1, 0.15) is 47.2 Å². The average molecular weight is 641 g/mol. The molecule has 7 rings (SSSR count). The molecule has 2 unspecified atom stereocenters. The number of nitrogens with zero attached hydrogens (tertiary/aromatic N) is 2. The molecule has 1 heterocycles. The molecule has 0 radical (unpaired) electrons. The number of hydrogen-bond acceptors (Lipinski definition) is 8. The molecule has 12 heteroatoms. The van der Waals surface area contributed by atoms with E-state index in [0.717, 1.165) is 22.3 Å². The summed E-state index contributed by atoms with van der Waals surface area (Å²) < 4.78 is 27.2. The lowest BCUT2D eigenvalue weighted by atomic mass is 10.1. The molecular formula is C34H32N4O7S. The molecule has 1 aliphatic heterocycles. The van der Waals surface area contributed by atoms with Crippen LogP contribution in [0, 0.1) is 5.92 Å². The third-order valence-corrected chi connectivity index (χ3v) is 10.9. The van der Waals surface area contributed by atoms with Crippen LogP contribution < -0.4 is 10.0 Å². The molecule has 3 N–H and O–H groups in total. The highest BCUT2D eigenvalue weighted by Crippen LogP contribution is 2.45. The van der Waals surface area contributed by atoms with E-state index >= 15 is 0 Å². The monoisotopic (exact) mass is 640 g/mol. The van der Waals surface area contributed by atoms with Gasteiger partial charge in [0.1, 0.15) is 29.1 Å². The second kappa shape index (κ2) is 11.1. The number of rotatable bonds is 9. The maximum absolute atomic E-state index is 13.9. The van der Waals surface area contributed by atoms with Crippen LogP contribution in [0.3, 0.4) is 0 Å². The van der Waals surface area contributed by atoms with Gasteiger partial charge in [0.25, 0.3) is 11.8 Å². The summed E-state index contributed by atoms with van der Waals surface area (Å²) in [6.45, 7) is 3.75. The van der Waals surface area contributed by atoms with Crippen molar-refractivity contribution in [3.8, 4) is 16.9 Å². The summed E-state index contributed by atoms with van der Waals surface area (Å²) in [5.41, 5.74) is 3.17. The highest BCUT2D eigenvalue weighted by atomic mass is 32.2. The quantitative estimate of drug-likeness (QED) is 0.188. The number of carbonyl (C=O) groups excluding carboxylic acids is 3. The molecule has 11 nitrogen and oxygen atoms in total. The first-order chi connectivity index (χ1) is 22.1. The number of phenols is 1. The lowest BCUT2D eigenvalue weighted by Crippen LogP contribution is -2.56. The molecule has 0 aromatic heterocycles. The SMILES string of the molecule is C=C[C@@H]1C[C@]1(NC(=O)C1CC(ON=C2c3ccccc3-c3ccccc32)CN1C(=O)c1cccc(O)c1)C(=O)NS(=O)(=O)C1CC1. The van der Waals surface area contributed by atoms with Gasteiger partial charge in [-0.2, -0.15) is 0 Å². The van der Waals surface area contributed by atoms with E-state index in [2.05, 4.69) is 21.8 Å². The lowest BCUT2D eigenvalue weighted by Gasteiger charge is -2.26. The normalized spacial score (nSPS) is 24.4. The number of sulfonamides is 1. The van der Waals surface area contributed by atoms with Crippen LogP contribution in [0.15, 0.2) is 90.6 Å². The maximum atomic E-state index is 13.9. The number of phenolic OH excluding ortho intramolecular Hbond substituents is 1. The van der Waals surface area contributed by atoms with Gasteiger partial charge < -0.3 is 20.2 Å². The van der Waals surface area contributed by atoms with Crippen molar-refractivity contribution in [1.29, 1.82) is 0 Å². The number of carbonyl (C=O) groups is 3. The van der Waals surface area contributed by atoms with Gasteiger partial charge in [0.05, 0.1) is 11.8 Å². The first kappa shape index (κ1) is 29.7. The Labute approximate surface area is 266 Å². The van der Waals surface area contributed by atoms with Crippen molar-refractivity contribution in [1.82, 2.24) is 14.9 Å². The van der Waals surface area contributed by atoms with Crippen molar-refractivity contribution in [3.05, 3.63) is 102 Å². The van der Waals surface area contributed by atoms with Crippen LogP contribution in [-0.4, -0.2) is 71.3 Å². The highest BCUT2D eigenvalue weighted by molar-refractivity contribution is 7.91. The minimum Gasteiger partial charge on any atom is -0.508 e. The fraction of sp³-hybridized carbons (Fsp3) is 0.294. The van der Waals surface area contributed by atoms with E-state index in [1.807, 2.05) is 48.5 Å². The van der Waals surface area contributed by atoms with E-state index in [1.165, 1.54) is 35.2 Å². The Balaban J connectivity index is 1.15. The van der Waals surface area contributed by atoms with Crippen molar-refractivity contribution in [2.24, 2.45) is 11.1 Å². The second-order valence-electron chi connectivity index (χ2n) is 12.2. The van der Waals surface area contributed by atoms with Crippen LogP contribution in [0.2, 0.25) is 0 Å². The average Bonchev–Trinajstić information content (AvgIpc) is 3.96. The van der Waals surface area contributed by atoms with Gasteiger partial charge in [0.2, 0.25) is 15.9 Å². The number of benzene rings is 3. The van der Waals surface area contributed by atoms with Crippen molar-refractivity contribution in [2.45, 2.75) is 48.6 Å². The van der Waals surface area contributed by atoms with Crippen LogP contribution >= 0.6 is 0 Å². The van der Waals surface area contributed by atoms with Gasteiger partial charge in [0.15, 0.2) is 0 Å². The summed E-state index contributed by atoms with van der Waals surface area (Å²) in [5.74, 6) is -2.56. The zero-order valence-corrected chi connectivity index (χ0v) is 25.6. The Kier molecular flexibility index (Phi) is 7.19. The lowest BCUT2D eigenvalue weighted by molar-refractivity contribution is -0.131. The van der Waals surface area contributed by atoms with Crippen molar-refractivity contribution < 1.29 is 32.7 Å². The molecule has 46 heavy (non-hydrogen) atoms. The minimum atomic E-state index is -3.86. The molecule has 4 atom stereocenters. The molecule has 3 aromatic carbocycles. The summed E-state index contributed by atoms with van der Waals surface area (Å²) in [6, 6.07) is 20.4. The van der Waals surface area contributed by atoms with Crippen LogP contribution in [-0.2, 0) is 24.4 Å². The first-order valence-corrected chi connectivity index (χ1v) is 16.7. The molecule has 4 aliphatic rings. The standard InChI is InChI=1S/C34H32N4O7S/c1-2-21-18-34(21,33(42)37-46(43,44)24-14-15-24)35-31(40)29-17-23(19-38(29)32(41)20-8-7-9-22(39)16-20)45-36-30-27-12-5-3-10-25(27)26-11-4-6-13-28(26)30/h2-13,16,21,23-24,29,39H,1,14-15,17-19H2,(H,35,40)(H,37,42)/t21-,23?,29?,34-/m1/s1. The number of fused-ring (bicyclic) bond motifs is 3. The van der Waals surface area contributed by atoms with E-state index in [9.17, 15) is 27.9 Å². The molecule has 3 aromatic rings. The van der Waals surface area contributed by atoms with Gasteiger partial charge in [0, 0.05) is 29.0 Å². The number of aromatic hydroxyl groups is 1. The minimum absolute atomic E-state index is 0.00674. The zero-order chi connectivity index (χ0) is 32.2. The Hall–Kier alpha value is -4.97. The fourth-order valence-corrected chi connectivity index (χ4v) is 7.75. The van der Waals surface area contributed by atoms with Crippen molar-refractivity contribution in [2.75, 3.05) is 6.54 Å². The molecule has 236 valence electrons. The van der Waals surface area contributed by atoms with E-state index in [1.54, 1.807) is 0 Å². The second-order valence-corrected chi connectivity index (χ2v) is 14.2. The molecule has 0 spiro atoms. The van der Waals surface area contributed by atoms with Gasteiger partial charge in [-0.25, -0.2) is 8.42 Å². The van der Waals surface area contributed by atoms with Crippen LogP contribution in [0.4, 0.5) is 0 Å². The third-order valence-electron chi connectivity index (χ3n) is 9.12. The van der Waals surface area contributed by atoms with Gasteiger partial charge in [-0.3, -0.25) is 19.1 Å². The van der Waals surface area contributed by atoms with Crippen LogP contribution in [0.5, 0.6) is 5.75 Å². The van der Waals surface area contributed by atoms with E-state index in [4.69, 9.17) is 4.84 Å². The van der Waals surface area contributed by atoms with Crippen molar-refractivity contribution in [3.63, 3.8) is 0 Å². The molecular weight excluding hydrogens is 608 g/mol. The topological polar surface area (TPSA) is 154 Å². The molecule has 1 saturated heterocycles. The Morgan fingerprint density at radius 3 is 2.22 bits per heavy atom. The maximum Gasteiger partial charge on any atom is 0.259 e. The van der Waals surface area contributed by atoms with Crippen LogP contribution in [0.25, 0.3) is 11.1 Å². The summed E-state index contributed by atoms with van der Waals surface area (Å²) >= 11 is 0. The predicted molar refractivity (Wildman–Crippen MR) is 169 cm³/mol. The predicted octanol–water partition coefficient (Wildman–Crippen LogP) is 3.09. The molecule has 0 bridgehead atoms.